The molecule has 1 aromatic carbocycles. The van der Waals surface area contributed by atoms with Gasteiger partial charge < -0.3 is 14.9 Å². The second-order valence-electron chi connectivity index (χ2n) is 5.28. The maximum atomic E-state index is 13.8. The molecule has 114 valence electrons. The highest BCUT2D eigenvalue weighted by molar-refractivity contribution is 5.94. The lowest BCUT2D eigenvalue weighted by atomic mass is 10.1. The van der Waals surface area contributed by atoms with Gasteiger partial charge in [0.25, 0.3) is 11.8 Å². The maximum absolute atomic E-state index is 13.8. The Bertz CT molecular complexity index is 552. The zero-order chi connectivity index (χ0) is 15.6. The summed E-state index contributed by atoms with van der Waals surface area (Å²) in [5, 5.41) is 9.27. The summed E-state index contributed by atoms with van der Waals surface area (Å²) in [5.74, 6) is -1.23. The number of aryl methyl sites for hydroxylation is 1. The van der Waals surface area contributed by atoms with Crippen molar-refractivity contribution < 1.29 is 19.1 Å². The molecule has 0 aliphatic carbocycles. The number of benzene rings is 1. The van der Waals surface area contributed by atoms with E-state index in [1.165, 1.54) is 28.9 Å². The quantitative estimate of drug-likeness (QED) is 0.877. The van der Waals surface area contributed by atoms with Gasteiger partial charge in [0.15, 0.2) is 0 Å². The SMILES string of the molecule is Cc1ccc(C(=O)N2CCN(C(=O)C(C)O)CC2)c(F)c1. The van der Waals surface area contributed by atoms with Crippen molar-refractivity contribution in [2.75, 3.05) is 26.2 Å². The van der Waals surface area contributed by atoms with E-state index in [0.717, 1.165) is 5.56 Å². The lowest BCUT2D eigenvalue weighted by Crippen LogP contribution is -2.52. The van der Waals surface area contributed by atoms with E-state index >= 15 is 0 Å². The summed E-state index contributed by atoms with van der Waals surface area (Å²) in [6.07, 6.45) is -1.04. The Morgan fingerprint density at radius 3 is 2.29 bits per heavy atom. The highest BCUT2D eigenvalue weighted by Gasteiger charge is 2.27. The first-order valence-electron chi connectivity index (χ1n) is 6.92. The number of amides is 2. The molecule has 0 spiro atoms. The van der Waals surface area contributed by atoms with Crippen LogP contribution >= 0.6 is 0 Å². The molecule has 2 amide bonds. The Balaban J connectivity index is 2.02. The average molecular weight is 294 g/mol. The fraction of sp³-hybridized carbons (Fsp3) is 0.467. The first-order chi connectivity index (χ1) is 9.90. The third-order valence-electron chi connectivity index (χ3n) is 3.59. The van der Waals surface area contributed by atoms with Gasteiger partial charge in [0.2, 0.25) is 0 Å². The molecule has 0 aromatic heterocycles. The van der Waals surface area contributed by atoms with Crippen molar-refractivity contribution in [2.24, 2.45) is 0 Å². The van der Waals surface area contributed by atoms with Crippen molar-refractivity contribution in [2.45, 2.75) is 20.0 Å². The maximum Gasteiger partial charge on any atom is 0.256 e. The van der Waals surface area contributed by atoms with Crippen LogP contribution in [-0.2, 0) is 4.79 Å². The van der Waals surface area contributed by atoms with E-state index < -0.39 is 11.9 Å². The summed E-state index contributed by atoms with van der Waals surface area (Å²) in [7, 11) is 0. The molecule has 0 radical (unpaired) electrons. The van der Waals surface area contributed by atoms with Crippen molar-refractivity contribution in [1.29, 1.82) is 0 Å². The van der Waals surface area contributed by atoms with Crippen LogP contribution in [-0.4, -0.2) is 59.0 Å². The summed E-state index contributed by atoms with van der Waals surface area (Å²) in [6, 6.07) is 4.52. The van der Waals surface area contributed by atoms with E-state index in [2.05, 4.69) is 0 Å². The van der Waals surface area contributed by atoms with Crippen molar-refractivity contribution in [3.8, 4) is 0 Å². The van der Waals surface area contributed by atoms with E-state index in [-0.39, 0.29) is 17.4 Å². The van der Waals surface area contributed by atoms with Crippen LogP contribution < -0.4 is 0 Å². The van der Waals surface area contributed by atoms with Crippen molar-refractivity contribution >= 4 is 11.8 Å². The number of aliphatic hydroxyl groups is 1. The lowest BCUT2D eigenvalue weighted by Gasteiger charge is -2.35. The number of carbonyl (C=O) groups excluding carboxylic acids is 2. The normalized spacial score (nSPS) is 16.8. The van der Waals surface area contributed by atoms with Gasteiger partial charge in [0.05, 0.1) is 5.56 Å². The molecule has 1 fully saturated rings. The van der Waals surface area contributed by atoms with Crippen molar-refractivity contribution in [3.05, 3.63) is 35.1 Å². The summed E-state index contributed by atoms with van der Waals surface area (Å²) in [6.45, 7) is 4.56. The predicted octanol–water partition coefficient (Wildman–Crippen LogP) is 0.799. The molecule has 1 saturated heterocycles. The first-order valence-corrected chi connectivity index (χ1v) is 6.92. The Kier molecular flexibility index (Phi) is 4.57. The second-order valence-corrected chi connectivity index (χ2v) is 5.28. The van der Waals surface area contributed by atoms with Gasteiger partial charge in [0.1, 0.15) is 11.9 Å². The van der Waals surface area contributed by atoms with E-state index in [1.807, 2.05) is 0 Å². The molecular weight excluding hydrogens is 275 g/mol. The second kappa shape index (κ2) is 6.22. The van der Waals surface area contributed by atoms with Crippen LogP contribution in [0.2, 0.25) is 0 Å². The highest BCUT2D eigenvalue weighted by Crippen LogP contribution is 2.14. The van der Waals surface area contributed by atoms with E-state index in [1.54, 1.807) is 13.0 Å². The number of carbonyl (C=O) groups is 2. The molecule has 6 heteroatoms. The lowest BCUT2D eigenvalue weighted by molar-refractivity contribution is -0.140. The Labute approximate surface area is 123 Å². The molecule has 1 aromatic rings. The number of hydrogen-bond donors (Lipinski definition) is 1. The van der Waals surface area contributed by atoms with Gasteiger partial charge in [-0.15, -0.1) is 0 Å². The third kappa shape index (κ3) is 3.39. The van der Waals surface area contributed by atoms with E-state index in [4.69, 9.17) is 0 Å². The molecule has 1 unspecified atom stereocenters. The predicted molar refractivity (Wildman–Crippen MR) is 75.3 cm³/mol. The summed E-state index contributed by atoms with van der Waals surface area (Å²) >= 11 is 0. The van der Waals surface area contributed by atoms with Gasteiger partial charge >= 0.3 is 0 Å². The minimum Gasteiger partial charge on any atom is -0.384 e. The topological polar surface area (TPSA) is 60.9 Å². The fourth-order valence-electron chi connectivity index (χ4n) is 2.36. The zero-order valence-corrected chi connectivity index (χ0v) is 12.2. The van der Waals surface area contributed by atoms with Gasteiger partial charge in [-0.1, -0.05) is 6.07 Å². The van der Waals surface area contributed by atoms with Gasteiger partial charge in [-0.05, 0) is 31.5 Å². The average Bonchev–Trinajstić information content (AvgIpc) is 2.46. The van der Waals surface area contributed by atoms with Crippen LogP contribution in [0.3, 0.4) is 0 Å². The van der Waals surface area contributed by atoms with Crippen LogP contribution in [0.5, 0.6) is 0 Å². The van der Waals surface area contributed by atoms with Crippen molar-refractivity contribution in [1.82, 2.24) is 9.80 Å². The van der Waals surface area contributed by atoms with Gasteiger partial charge in [0, 0.05) is 26.2 Å². The van der Waals surface area contributed by atoms with Gasteiger partial charge in [-0.2, -0.15) is 0 Å². The molecule has 21 heavy (non-hydrogen) atoms. The minimum absolute atomic E-state index is 0.0518. The van der Waals surface area contributed by atoms with Crippen LogP contribution in [0.15, 0.2) is 18.2 Å². The molecule has 1 aliphatic rings. The third-order valence-corrected chi connectivity index (χ3v) is 3.59. The summed E-state index contributed by atoms with van der Waals surface area (Å²) < 4.78 is 13.8. The number of aliphatic hydroxyl groups excluding tert-OH is 1. The summed E-state index contributed by atoms with van der Waals surface area (Å²) in [5.41, 5.74) is 0.812. The smallest absolute Gasteiger partial charge is 0.256 e. The molecule has 1 heterocycles. The Morgan fingerprint density at radius 2 is 1.76 bits per heavy atom. The minimum atomic E-state index is -1.04. The van der Waals surface area contributed by atoms with Gasteiger partial charge in [-0.3, -0.25) is 9.59 Å². The molecule has 1 atom stereocenters. The number of rotatable bonds is 2. The largest absolute Gasteiger partial charge is 0.384 e. The fourth-order valence-corrected chi connectivity index (χ4v) is 2.36. The van der Waals surface area contributed by atoms with E-state index in [0.29, 0.717) is 26.2 Å². The molecule has 5 nitrogen and oxygen atoms in total. The Morgan fingerprint density at radius 1 is 1.19 bits per heavy atom. The van der Waals surface area contributed by atoms with Crippen LogP contribution in [0.25, 0.3) is 0 Å². The van der Waals surface area contributed by atoms with Crippen molar-refractivity contribution in [3.63, 3.8) is 0 Å². The number of nitrogens with zero attached hydrogens (tertiary/aromatic N) is 2. The van der Waals surface area contributed by atoms with Crippen LogP contribution in [0, 0.1) is 12.7 Å². The van der Waals surface area contributed by atoms with E-state index in [9.17, 15) is 19.1 Å². The molecule has 0 bridgehead atoms. The first kappa shape index (κ1) is 15.4. The Hall–Kier alpha value is -1.95. The number of piperazine rings is 1. The van der Waals surface area contributed by atoms with Gasteiger partial charge in [-0.25, -0.2) is 4.39 Å². The summed E-state index contributed by atoms with van der Waals surface area (Å²) in [4.78, 5) is 27.0. The highest BCUT2D eigenvalue weighted by atomic mass is 19.1. The zero-order valence-electron chi connectivity index (χ0n) is 12.2. The van der Waals surface area contributed by atoms with Crippen LogP contribution in [0.1, 0.15) is 22.8 Å². The molecule has 2 rings (SSSR count). The number of halogens is 1. The molecule has 0 saturated carbocycles. The monoisotopic (exact) mass is 294 g/mol. The molecule has 1 aliphatic heterocycles. The molecular formula is C15H19FN2O3. The van der Waals surface area contributed by atoms with Crippen LogP contribution in [0.4, 0.5) is 4.39 Å². The number of hydrogen-bond acceptors (Lipinski definition) is 3. The standard InChI is InChI=1S/C15H19FN2O3/c1-10-3-4-12(13(16)9-10)15(21)18-7-5-17(6-8-18)14(20)11(2)19/h3-4,9,11,19H,5-8H2,1-2H3. The molecule has 1 N–H and O–H groups in total.